The van der Waals surface area contributed by atoms with Gasteiger partial charge in [-0.25, -0.2) is 4.79 Å². The zero-order chi connectivity index (χ0) is 34.8. The van der Waals surface area contributed by atoms with E-state index < -0.39 is 29.1 Å². The van der Waals surface area contributed by atoms with Gasteiger partial charge in [-0.2, -0.15) is 0 Å². The van der Waals surface area contributed by atoms with Gasteiger partial charge in [-0.3, -0.25) is 14.4 Å². The molecule has 2 aromatic rings. The van der Waals surface area contributed by atoms with E-state index in [1.807, 2.05) is 55.5 Å². The number of hydrogen-bond acceptors (Lipinski definition) is 7. The van der Waals surface area contributed by atoms with Gasteiger partial charge in [-0.1, -0.05) is 30.3 Å². The predicted molar refractivity (Wildman–Crippen MR) is 183 cm³/mol. The number of fused-ring (bicyclic) bond motifs is 1. The minimum Gasteiger partial charge on any atom is -0.476 e. The molecule has 2 aliphatic heterocycles. The van der Waals surface area contributed by atoms with E-state index in [9.17, 15) is 19.2 Å². The highest BCUT2D eigenvalue weighted by molar-refractivity contribution is 6.04. The normalized spacial score (nSPS) is 21.1. The molecule has 2 aromatic carbocycles. The van der Waals surface area contributed by atoms with Crippen LogP contribution in [0.15, 0.2) is 48.5 Å². The standard InChI is InChI=1S/C37H50N4O7/c1-24(25-12-9-8-10-13-25)38-32(42)26-20-27(23-39(22-26)35(45)48-36(2,3)4)33(43)41(28-14-15-28)29-16-17-31-30(21-29)40(18-11-19-46-7)34(44)37(5,6)47-31/h8-10,12-13,16-17,21,24,26-28H,11,14-15,18-20,22-23H2,1-7H3,(H,38,42)/t24?,26-,27+/m0/s1. The summed E-state index contributed by atoms with van der Waals surface area (Å²) >= 11 is 0. The van der Waals surface area contributed by atoms with Crippen LogP contribution in [-0.4, -0.2) is 79.3 Å². The minimum absolute atomic E-state index is 0.0172. The van der Waals surface area contributed by atoms with Gasteiger partial charge < -0.3 is 34.2 Å². The molecule has 4 amide bonds. The second kappa shape index (κ2) is 14.2. The first-order chi connectivity index (χ1) is 22.7. The molecule has 11 heteroatoms. The van der Waals surface area contributed by atoms with Crippen LogP contribution in [0.2, 0.25) is 0 Å². The molecule has 2 fully saturated rings. The van der Waals surface area contributed by atoms with Crippen LogP contribution in [0.1, 0.15) is 78.8 Å². The van der Waals surface area contributed by atoms with Crippen molar-refractivity contribution in [2.45, 2.75) is 90.5 Å². The van der Waals surface area contributed by atoms with Crippen molar-refractivity contribution in [1.29, 1.82) is 0 Å². The van der Waals surface area contributed by atoms with Gasteiger partial charge >= 0.3 is 6.09 Å². The molecule has 3 aliphatic rings. The average molecular weight is 663 g/mol. The highest BCUT2D eigenvalue weighted by atomic mass is 16.6. The number of amides is 4. The van der Waals surface area contributed by atoms with E-state index in [4.69, 9.17) is 14.2 Å². The number of ether oxygens (including phenoxy) is 3. The van der Waals surface area contributed by atoms with Crippen molar-refractivity contribution in [2.75, 3.05) is 43.2 Å². The fraction of sp³-hybridized carbons (Fsp3) is 0.568. The van der Waals surface area contributed by atoms with Crippen LogP contribution in [0.3, 0.4) is 0 Å². The van der Waals surface area contributed by atoms with Crippen LogP contribution >= 0.6 is 0 Å². The lowest BCUT2D eigenvalue weighted by Crippen LogP contribution is -2.54. The molecule has 0 aromatic heterocycles. The van der Waals surface area contributed by atoms with Crippen LogP contribution in [-0.2, 0) is 23.9 Å². The molecule has 1 unspecified atom stereocenters. The number of nitrogens with zero attached hydrogens (tertiary/aromatic N) is 3. The van der Waals surface area contributed by atoms with E-state index >= 15 is 0 Å². The summed E-state index contributed by atoms with van der Waals surface area (Å²) in [6.45, 7) is 12.0. The van der Waals surface area contributed by atoms with Gasteiger partial charge in [0.1, 0.15) is 11.4 Å². The molecule has 1 N–H and O–H groups in total. The van der Waals surface area contributed by atoms with Crippen molar-refractivity contribution in [3.05, 3.63) is 54.1 Å². The molecule has 48 heavy (non-hydrogen) atoms. The van der Waals surface area contributed by atoms with E-state index in [1.165, 1.54) is 4.90 Å². The summed E-state index contributed by atoms with van der Waals surface area (Å²) < 4.78 is 17.1. The van der Waals surface area contributed by atoms with Crippen LogP contribution in [0.25, 0.3) is 0 Å². The summed E-state index contributed by atoms with van der Waals surface area (Å²) in [6.07, 6.45) is 2.06. The highest BCUT2D eigenvalue weighted by Gasteiger charge is 2.45. The molecule has 2 heterocycles. The fourth-order valence-electron chi connectivity index (χ4n) is 6.44. The van der Waals surface area contributed by atoms with Gasteiger partial charge in [0, 0.05) is 45.1 Å². The van der Waals surface area contributed by atoms with Crippen molar-refractivity contribution >= 4 is 35.2 Å². The smallest absolute Gasteiger partial charge is 0.410 e. The third-order valence-corrected chi connectivity index (χ3v) is 9.00. The molecule has 0 radical (unpaired) electrons. The monoisotopic (exact) mass is 662 g/mol. The van der Waals surface area contributed by atoms with Crippen molar-refractivity contribution in [1.82, 2.24) is 10.2 Å². The molecule has 1 saturated carbocycles. The summed E-state index contributed by atoms with van der Waals surface area (Å²) in [4.78, 5) is 60.1. The number of nitrogens with one attached hydrogen (secondary N) is 1. The maximum absolute atomic E-state index is 14.6. The second-order valence-corrected chi connectivity index (χ2v) is 14.7. The molecule has 3 atom stereocenters. The molecule has 260 valence electrons. The van der Waals surface area contributed by atoms with E-state index in [1.54, 1.807) is 51.5 Å². The van der Waals surface area contributed by atoms with Gasteiger partial charge in [0.15, 0.2) is 5.60 Å². The molecule has 5 rings (SSSR count). The Morgan fingerprint density at radius 2 is 1.75 bits per heavy atom. The Morgan fingerprint density at radius 1 is 1.06 bits per heavy atom. The molecular weight excluding hydrogens is 612 g/mol. The number of rotatable bonds is 10. The van der Waals surface area contributed by atoms with E-state index in [0.29, 0.717) is 43.1 Å². The summed E-state index contributed by atoms with van der Waals surface area (Å²) in [5.41, 5.74) is 0.460. The number of carbonyl (C=O) groups is 4. The highest BCUT2D eigenvalue weighted by Crippen LogP contribution is 2.43. The Morgan fingerprint density at radius 3 is 2.40 bits per heavy atom. The Kier molecular flexibility index (Phi) is 10.4. The Hall–Kier alpha value is -4.12. The summed E-state index contributed by atoms with van der Waals surface area (Å²) in [5.74, 6) is -1.21. The fourth-order valence-corrected chi connectivity index (χ4v) is 6.44. The van der Waals surface area contributed by atoms with Crippen LogP contribution in [0.4, 0.5) is 16.2 Å². The molecule has 11 nitrogen and oxygen atoms in total. The number of benzene rings is 2. The zero-order valence-corrected chi connectivity index (χ0v) is 29.3. The van der Waals surface area contributed by atoms with Crippen LogP contribution < -0.4 is 19.9 Å². The molecule has 0 bridgehead atoms. The second-order valence-electron chi connectivity index (χ2n) is 14.7. The number of piperidine rings is 1. The van der Waals surface area contributed by atoms with Crippen molar-refractivity contribution in [3.63, 3.8) is 0 Å². The minimum atomic E-state index is -1.03. The lowest BCUT2D eigenvalue weighted by molar-refractivity contribution is -0.133. The molecule has 0 spiro atoms. The van der Waals surface area contributed by atoms with Crippen LogP contribution in [0.5, 0.6) is 5.75 Å². The SMILES string of the molecule is COCCCN1C(=O)C(C)(C)Oc2ccc(N(C(=O)[C@@H]3C[C@H](C(=O)NC(C)c4ccccc4)CN(C(=O)OC(C)(C)C)C3)C3CC3)cc21. The van der Waals surface area contributed by atoms with Gasteiger partial charge in [-0.15, -0.1) is 0 Å². The third kappa shape index (κ3) is 8.11. The van der Waals surface area contributed by atoms with Crippen molar-refractivity contribution < 1.29 is 33.4 Å². The van der Waals surface area contributed by atoms with E-state index in [0.717, 1.165) is 18.4 Å². The van der Waals surface area contributed by atoms with Gasteiger partial charge in [0.05, 0.1) is 23.6 Å². The molecule has 1 saturated heterocycles. The van der Waals surface area contributed by atoms with E-state index in [-0.39, 0.29) is 42.9 Å². The lowest BCUT2D eigenvalue weighted by atomic mass is 9.87. The maximum Gasteiger partial charge on any atom is 0.410 e. The lowest BCUT2D eigenvalue weighted by Gasteiger charge is -2.40. The number of carbonyl (C=O) groups excluding carboxylic acids is 4. The number of likely N-dealkylation sites (tertiary alicyclic amines) is 1. The first kappa shape index (κ1) is 35.2. The quantitative estimate of drug-likeness (QED) is 0.335. The number of hydrogen-bond donors (Lipinski definition) is 1. The van der Waals surface area contributed by atoms with Crippen molar-refractivity contribution in [3.8, 4) is 5.75 Å². The zero-order valence-electron chi connectivity index (χ0n) is 29.3. The largest absolute Gasteiger partial charge is 0.476 e. The Labute approximate surface area is 283 Å². The van der Waals surface area contributed by atoms with Gasteiger partial charge in [-0.05, 0) is 91.0 Å². The van der Waals surface area contributed by atoms with Crippen molar-refractivity contribution in [2.24, 2.45) is 11.8 Å². The molecular formula is C37H50N4O7. The first-order valence-corrected chi connectivity index (χ1v) is 17.0. The predicted octanol–water partition coefficient (Wildman–Crippen LogP) is 5.47. The summed E-state index contributed by atoms with van der Waals surface area (Å²) in [6, 6.07) is 14.9. The molecule has 1 aliphatic carbocycles. The average Bonchev–Trinajstić information content (AvgIpc) is 3.87. The maximum atomic E-state index is 14.6. The number of methoxy groups -OCH3 is 1. The van der Waals surface area contributed by atoms with Gasteiger partial charge in [0.25, 0.3) is 5.91 Å². The third-order valence-electron chi connectivity index (χ3n) is 9.00. The summed E-state index contributed by atoms with van der Waals surface area (Å²) in [5, 5.41) is 3.10. The topological polar surface area (TPSA) is 118 Å². The Balaban J connectivity index is 1.42. The van der Waals surface area contributed by atoms with E-state index in [2.05, 4.69) is 5.32 Å². The van der Waals surface area contributed by atoms with Crippen LogP contribution in [0, 0.1) is 11.8 Å². The summed E-state index contributed by atoms with van der Waals surface area (Å²) in [7, 11) is 1.63. The van der Waals surface area contributed by atoms with Gasteiger partial charge in [0.2, 0.25) is 11.8 Å². The Bertz CT molecular complexity index is 1500. The number of anilines is 2. The first-order valence-electron chi connectivity index (χ1n) is 17.0.